The molecule has 0 unspecified atom stereocenters. The summed E-state index contributed by atoms with van der Waals surface area (Å²) in [6.45, 7) is 12.5. The van der Waals surface area contributed by atoms with Crippen LogP contribution in [0, 0.1) is 41.0 Å². The molecule has 82 heavy (non-hydrogen) atoms. The van der Waals surface area contributed by atoms with Crippen LogP contribution in [0.2, 0.25) is 0 Å². The van der Waals surface area contributed by atoms with Crippen molar-refractivity contribution in [2.45, 2.75) is 154 Å². The first-order valence-electron chi connectivity index (χ1n) is 27.4. The molecule has 4 fully saturated rings. The number of nitrogens with zero attached hydrogens (tertiary/aromatic N) is 6. The van der Waals surface area contributed by atoms with Crippen molar-refractivity contribution in [2.24, 2.45) is 17.8 Å². The zero-order valence-electron chi connectivity index (χ0n) is 48.7. The first-order valence-corrected chi connectivity index (χ1v) is 31.1. The fraction of sp³-hybridized carbons (Fsp3) is 0.673. The highest BCUT2D eigenvalue weighted by molar-refractivity contribution is 7.88. The van der Waals surface area contributed by atoms with E-state index in [1.807, 2.05) is 0 Å². The van der Waals surface area contributed by atoms with Crippen molar-refractivity contribution in [3.8, 4) is 11.5 Å². The predicted molar refractivity (Wildman–Crippen MR) is 292 cm³/mol. The van der Waals surface area contributed by atoms with E-state index in [1.165, 1.54) is 58.5 Å². The fourth-order valence-corrected chi connectivity index (χ4v) is 13.6. The third-order valence-electron chi connectivity index (χ3n) is 15.6. The molecule has 2 aromatic carbocycles. The van der Waals surface area contributed by atoms with Crippen LogP contribution < -0.4 is 14.8 Å². The number of likely N-dealkylation sites (tertiary alicyclic amines) is 2. The van der Waals surface area contributed by atoms with Crippen LogP contribution in [0.3, 0.4) is 0 Å². The molecule has 1 N–H and O–H groups in total. The van der Waals surface area contributed by atoms with Gasteiger partial charge in [-0.05, 0) is 105 Å². The zero-order valence-corrected chi connectivity index (χ0v) is 50.3. The number of hydrogen-bond acceptors (Lipinski definition) is 14. The average molecular weight is 1200 g/mol. The molecule has 0 spiro atoms. The van der Waals surface area contributed by atoms with E-state index in [4.69, 9.17) is 18.9 Å². The Morgan fingerprint density at radius 1 is 0.634 bits per heavy atom. The number of halogens is 4. The summed E-state index contributed by atoms with van der Waals surface area (Å²) in [5.41, 5.74) is -1.81. The Labute approximate surface area is 478 Å². The maximum atomic E-state index is 15.2. The Balaban J connectivity index is 1.28. The Morgan fingerprint density at radius 3 is 1.46 bits per heavy atom. The van der Waals surface area contributed by atoms with E-state index >= 15 is 9.59 Å². The van der Waals surface area contributed by atoms with Crippen molar-refractivity contribution in [2.75, 3.05) is 66.0 Å². The van der Waals surface area contributed by atoms with Gasteiger partial charge in [-0.3, -0.25) is 24.1 Å². The number of fused-ring (bicyclic) bond motifs is 2. The Bertz CT molecular complexity index is 2740. The number of sulfonamides is 2. The first-order chi connectivity index (χ1) is 38.0. The third kappa shape index (κ3) is 16.1. The number of likely N-dealkylation sites (N-methyl/N-ethyl adjacent to an activating group) is 2. The van der Waals surface area contributed by atoms with E-state index in [-0.39, 0.29) is 95.8 Å². The maximum Gasteiger partial charge on any atom is 0.410 e. The number of carbonyl (C=O) groups is 6. The van der Waals surface area contributed by atoms with Gasteiger partial charge < -0.3 is 39.0 Å². The number of unbranched alkanes of at least 4 members (excludes halogenated alkanes) is 1. The highest BCUT2D eigenvalue weighted by Gasteiger charge is 2.55. The van der Waals surface area contributed by atoms with E-state index in [9.17, 15) is 53.6 Å². The van der Waals surface area contributed by atoms with Gasteiger partial charge in [0.1, 0.15) is 34.8 Å². The number of amides is 5. The highest BCUT2D eigenvalue weighted by atomic mass is 32.2. The van der Waals surface area contributed by atoms with Gasteiger partial charge in [-0.2, -0.15) is 8.61 Å². The van der Waals surface area contributed by atoms with Gasteiger partial charge in [0.25, 0.3) is 0 Å². The van der Waals surface area contributed by atoms with Gasteiger partial charge in [-0.15, -0.1) is 0 Å². The largest absolute Gasteiger partial charge is 0.493 e. The second-order valence-corrected chi connectivity index (χ2v) is 27.8. The summed E-state index contributed by atoms with van der Waals surface area (Å²) in [6, 6.07) is -0.630. The van der Waals surface area contributed by atoms with Crippen LogP contribution in [0.15, 0.2) is 36.4 Å². The van der Waals surface area contributed by atoms with E-state index in [0.717, 1.165) is 46.6 Å². The standard InChI is InChI=1S/C55H79F4N7O14S2/c1-32(61(9)52(71)79-54(3,4)5)46(67)25-34(50(69)63-23-21-44-47(63)35(28-65(44)81(11,73)74)30-77-37-17-19-39(56)41(58)26-37)15-13-14-16-43(60-49(68)33(2)62(10)53(72)80-55(6,7)8)51(70)64-24-22-45-48(64)36(29-66(45)82(12,75)76)31-78-38-18-20-40(57)42(59)27-38/h17-20,26-27,32-36,43-45,47-48H,13-16,21-25,28-31H2,1-12H3,(H,60,68)/t32-,33-,34+,35+,36+,43-,44+,45+,47+,48+/m0/s1. The summed E-state index contributed by atoms with van der Waals surface area (Å²) in [7, 11) is -4.94. The number of ketones is 1. The van der Waals surface area contributed by atoms with Crippen molar-refractivity contribution >= 4 is 55.7 Å². The number of Topliss-reactive ketones (excluding diaryl/α,β-unsaturated/α-hetero) is 1. The Kier molecular flexibility index (Phi) is 20.7. The molecular weight excluding hydrogens is 1120 g/mol. The summed E-state index contributed by atoms with van der Waals surface area (Å²) in [5.74, 6) is -9.34. The van der Waals surface area contributed by atoms with Crippen LogP contribution in [0.5, 0.6) is 11.5 Å². The molecule has 0 aliphatic carbocycles. The molecule has 0 aromatic heterocycles. The molecule has 6 rings (SSSR count). The SMILES string of the molecule is C[C@@H](C(=O)C[C@@H](CCCC[C@H](NC(=O)[C@H](C)N(C)C(=O)OC(C)(C)C)C(=O)N1CC[C@@H]2[C@H]1[C@@H](COc1ccc(F)c(F)c1)CN2S(C)(=O)=O)C(=O)N1CC[C@@H]2[C@H]1[C@@H](COc1ccc(F)c(F)c1)CN2S(C)(=O)=O)N(C)C(=O)OC(C)(C)C. The summed E-state index contributed by atoms with van der Waals surface area (Å²) < 4.78 is 134. The summed E-state index contributed by atoms with van der Waals surface area (Å²) >= 11 is 0. The van der Waals surface area contributed by atoms with Crippen molar-refractivity contribution in [3.63, 3.8) is 0 Å². The van der Waals surface area contributed by atoms with Crippen molar-refractivity contribution in [3.05, 3.63) is 59.7 Å². The highest BCUT2D eigenvalue weighted by Crippen LogP contribution is 2.41. The third-order valence-corrected chi connectivity index (χ3v) is 18.1. The molecule has 5 amide bonds. The minimum atomic E-state index is -3.85. The van der Waals surface area contributed by atoms with Crippen LogP contribution in [-0.2, 0) is 48.7 Å². The van der Waals surface area contributed by atoms with Crippen molar-refractivity contribution in [1.29, 1.82) is 0 Å². The molecule has 2 aromatic rings. The van der Waals surface area contributed by atoms with Crippen LogP contribution in [0.25, 0.3) is 0 Å². The Hall–Kier alpha value is -5.80. The zero-order chi connectivity index (χ0) is 61.1. The molecule has 4 heterocycles. The number of ether oxygens (including phenoxy) is 4. The molecule has 27 heteroatoms. The van der Waals surface area contributed by atoms with Gasteiger partial charge in [0, 0.05) is 88.7 Å². The summed E-state index contributed by atoms with van der Waals surface area (Å²) in [5, 5.41) is 2.81. The smallest absolute Gasteiger partial charge is 0.410 e. The lowest BCUT2D eigenvalue weighted by atomic mass is 9.90. The minimum Gasteiger partial charge on any atom is -0.493 e. The summed E-state index contributed by atoms with van der Waals surface area (Å²) in [4.78, 5) is 90.2. The van der Waals surface area contributed by atoms with E-state index < -0.39 is 150 Å². The predicted octanol–water partition coefficient (Wildman–Crippen LogP) is 5.55. The minimum absolute atomic E-state index is 0.0148. The number of carbonyl (C=O) groups excluding carboxylic acids is 6. The second kappa shape index (κ2) is 26.0. The molecular formula is C55H79F4N7O14S2. The van der Waals surface area contributed by atoms with Gasteiger partial charge in [0.15, 0.2) is 29.1 Å². The monoisotopic (exact) mass is 1200 g/mol. The lowest BCUT2D eigenvalue weighted by molar-refractivity contribution is -0.140. The van der Waals surface area contributed by atoms with Gasteiger partial charge in [0.2, 0.25) is 37.8 Å². The molecule has 458 valence electrons. The molecule has 0 bridgehead atoms. The maximum absolute atomic E-state index is 15.2. The quantitative estimate of drug-likeness (QED) is 0.112. The molecule has 21 nitrogen and oxygen atoms in total. The normalized spacial score (nSPS) is 22.8. The molecule has 4 aliphatic heterocycles. The lowest BCUT2D eigenvalue weighted by Gasteiger charge is -2.33. The van der Waals surface area contributed by atoms with Crippen molar-refractivity contribution in [1.82, 2.24) is 33.5 Å². The topological polar surface area (TPSA) is 239 Å². The van der Waals surface area contributed by atoms with E-state index in [1.54, 1.807) is 41.5 Å². The van der Waals surface area contributed by atoms with Crippen LogP contribution in [0.4, 0.5) is 27.2 Å². The van der Waals surface area contributed by atoms with Gasteiger partial charge in [-0.1, -0.05) is 12.8 Å². The number of nitrogens with one attached hydrogen (secondary N) is 1. The van der Waals surface area contributed by atoms with E-state index in [2.05, 4.69) is 5.32 Å². The number of hydrogen-bond donors (Lipinski definition) is 1. The molecule has 0 radical (unpaired) electrons. The van der Waals surface area contributed by atoms with Crippen LogP contribution in [-0.4, -0.2) is 200 Å². The second-order valence-electron chi connectivity index (χ2n) is 24.0. The molecule has 4 aliphatic rings. The fourth-order valence-electron chi connectivity index (χ4n) is 11.3. The Morgan fingerprint density at radius 2 is 1.05 bits per heavy atom. The summed E-state index contributed by atoms with van der Waals surface area (Å²) in [6.07, 6.45) is 0.772. The average Bonchev–Trinajstić information content (AvgIpc) is 3.91. The van der Waals surface area contributed by atoms with Gasteiger partial charge in [-0.25, -0.2) is 44.0 Å². The van der Waals surface area contributed by atoms with Crippen LogP contribution in [0.1, 0.15) is 100 Å². The number of rotatable bonds is 22. The molecule has 0 saturated carbocycles. The van der Waals surface area contributed by atoms with Gasteiger partial charge in [0.05, 0.1) is 43.9 Å². The molecule has 10 atom stereocenters. The lowest BCUT2D eigenvalue weighted by Crippen LogP contribution is -2.56. The van der Waals surface area contributed by atoms with Crippen molar-refractivity contribution < 1.29 is 82.1 Å². The molecule has 4 saturated heterocycles. The first kappa shape index (κ1) is 65.4. The van der Waals surface area contributed by atoms with Gasteiger partial charge >= 0.3 is 12.2 Å². The van der Waals surface area contributed by atoms with E-state index in [0.29, 0.717) is 0 Å². The van der Waals surface area contributed by atoms with Crippen LogP contribution >= 0.6 is 0 Å². The number of benzene rings is 2.